The number of carbonyl (C=O) groups is 1. The van der Waals surface area contributed by atoms with Crippen molar-refractivity contribution in [3.8, 4) is 0 Å². The van der Waals surface area contributed by atoms with E-state index in [4.69, 9.17) is 16.7 Å². The summed E-state index contributed by atoms with van der Waals surface area (Å²) in [5.41, 5.74) is 0.496. The maximum atomic E-state index is 12.4. The predicted octanol–water partition coefficient (Wildman–Crippen LogP) is 1.53. The minimum absolute atomic E-state index is 0.0388. The molecule has 1 heterocycles. The van der Waals surface area contributed by atoms with Crippen LogP contribution >= 0.6 is 11.6 Å². The lowest BCUT2D eigenvalue weighted by molar-refractivity contribution is 0.0707. The average Bonchev–Trinajstić information content (AvgIpc) is 2.91. The number of hydrogen-bond donors (Lipinski definition) is 2. The van der Waals surface area contributed by atoms with Crippen molar-refractivity contribution in [1.82, 2.24) is 10.2 Å². The summed E-state index contributed by atoms with van der Waals surface area (Å²) < 4.78 is 0. The number of carbonyl (C=O) groups excluding carboxylic acids is 1. The van der Waals surface area contributed by atoms with Gasteiger partial charge in [0.1, 0.15) is 0 Å². The maximum Gasteiger partial charge on any atom is 0.255 e. The fraction of sp³-hybridized carbons (Fsp3) is 0.500. The van der Waals surface area contributed by atoms with E-state index in [9.17, 15) is 4.79 Å². The second-order valence-corrected chi connectivity index (χ2v) is 5.16. The van der Waals surface area contributed by atoms with Crippen LogP contribution in [0.2, 0.25) is 5.02 Å². The zero-order valence-electron chi connectivity index (χ0n) is 10.8. The molecular formula is C14H19ClN2O2. The summed E-state index contributed by atoms with van der Waals surface area (Å²) in [6.07, 6.45) is 2.20. The molecule has 0 bridgehead atoms. The molecular weight excluding hydrogens is 264 g/mol. The van der Waals surface area contributed by atoms with Crippen LogP contribution in [-0.4, -0.2) is 48.2 Å². The smallest absolute Gasteiger partial charge is 0.255 e. The standard InChI is InChI=1S/C14H19ClN2O2/c15-13-6-2-1-5-12(13)14(19)17(8-9-18)10-11-4-3-7-16-11/h1-2,5-6,11,16,18H,3-4,7-10H2. The van der Waals surface area contributed by atoms with Gasteiger partial charge in [-0.1, -0.05) is 23.7 Å². The zero-order valence-corrected chi connectivity index (χ0v) is 11.6. The van der Waals surface area contributed by atoms with Crippen LogP contribution in [0.25, 0.3) is 0 Å². The van der Waals surface area contributed by atoms with Crippen LogP contribution in [-0.2, 0) is 0 Å². The van der Waals surface area contributed by atoms with Crippen molar-refractivity contribution >= 4 is 17.5 Å². The van der Waals surface area contributed by atoms with E-state index in [1.165, 1.54) is 0 Å². The molecule has 0 radical (unpaired) electrons. The van der Waals surface area contributed by atoms with Crippen LogP contribution in [0.1, 0.15) is 23.2 Å². The second-order valence-electron chi connectivity index (χ2n) is 4.75. The quantitative estimate of drug-likeness (QED) is 0.861. The number of hydrogen-bond acceptors (Lipinski definition) is 3. The molecule has 1 aliphatic heterocycles. The van der Waals surface area contributed by atoms with Crippen molar-refractivity contribution < 1.29 is 9.90 Å². The number of nitrogens with zero attached hydrogens (tertiary/aromatic N) is 1. The summed E-state index contributed by atoms with van der Waals surface area (Å²) in [4.78, 5) is 14.1. The van der Waals surface area contributed by atoms with Gasteiger partial charge in [0.05, 0.1) is 17.2 Å². The molecule has 5 heteroatoms. The van der Waals surface area contributed by atoms with E-state index < -0.39 is 0 Å². The van der Waals surface area contributed by atoms with Gasteiger partial charge in [-0.2, -0.15) is 0 Å². The molecule has 104 valence electrons. The molecule has 1 saturated heterocycles. The van der Waals surface area contributed by atoms with E-state index >= 15 is 0 Å². The summed E-state index contributed by atoms with van der Waals surface area (Å²) in [6, 6.07) is 7.34. The first-order chi connectivity index (χ1) is 9.22. The third kappa shape index (κ3) is 3.69. The molecule has 1 amide bonds. The van der Waals surface area contributed by atoms with Gasteiger partial charge in [0.25, 0.3) is 5.91 Å². The number of benzene rings is 1. The van der Waals surface area contributed by atoms with Crippen LogP contribution in [0.3, 0.4) is 0 Å². The van der Waals surface area contributed by atoms with Gasteiger partial charge in [0.15, 0.2) is 0 Å². The van der Waals surface area contributed by atoms with Crippen LogP contribution in [0, 0.1) is 0 Å². The fourth-order valence-corrected chi connectivity index (χ4v) is 2.60. The number of rotatable bonds is 5. The van der Waals surface area contributed by atoms with E-state index in [1.54, 1.807) is 29.2 Å². The highest BCUT2D eigenvalue weighted by atomic mass is 35.5. The summed E-state index contributed by atoms with van der Waals surface area (Å²) in [5, 5.41) is 12.9. The Kier molecular flexibility index (Phi) is 5.19. The van der Waals surface area contributed by atoms with Gasteiger partial charge >= 0.3 is 0 Å². The molecule has 1 aliphatic rings. The molecule has 0 aromatic heterocycles. The molecule has 0 aliphatic carbocycles. The van der Waals surface area contributed by atoms with E-state index in [2.05, 4.69) is 5.32 Å². The van der Waals surface area contributed by atoms with Crippen LogP contribution in [0.15, 0.2) is 24.3 Å². The van der Waals surface area contributed by atoms with Crippen LogP contribution < -0.4 is 5.32 Å². The molecule has 1 unspecified atom stereocenters. The van der Waals surface area contributed by atoms with Gasteiger partial charge in [0.2, 0.25) is 0 Å². The topological polar surface area (TPSA) is 52.6 Å². The normalized spacial score (nSPS) is 18.5. The lowest BCUT2D eigenvalue weighted by atomic mass is 10.1. The minimum atomic E-state index is -0.117. The van der Waals surface area contributed by atoms with Crippen molar-refractivity contribution in [1.29, 1.82) is 0 Å². The van der Waals surface area contributed by atoms with Crippen LogP contribution in [0.4, 0.5) is 0 Å². The number of aliphatic hydroxyl groups is 1. The molecule has 0 saturated carbocycles. The fourth-order valence-electron chi connectivity index (χ4n) is 2.38. The minimum Gasteiger partial charge on any atom is -0.395 e. The first-order valence-electron chi connectivity index (χ1n) is 6.60. The molecule has 1 aromatic rings. The Bertz CT molecular complexity index is 433. The second kappa shape index (κ2) is 6.89. The van der Waals surface area contributed by atoms with E-state index in [1.807, 2.05) is 0 Å². The van der Waals surface area contributed by atoms with Gasteiger partial charge < -0.3 is 15.3 Å². The first kappa shape index (κ1) is 14.3. The first-order valence-corrected chi connectivity index (χ1v) is 6.98. The third-order valence-corrected chi connectivity index (χ3v) is 3.69. The number of amides is 1. The lowest BCUT2D eigenvalue weighted by Gasteiger charge is -2.25. The number of nitrogens with one attached hydrogen (secondary N) is 1. The maximum absolute atomic E-state index is 12.4. The van der Waals surface area contributed by atoms with E-state index in [0.29, 0.717) is 29.7 Å². The Morgan fingerprint density at radius 1 is 1.47 bits per heavy atom. The summed E-state index contributed by atoms with van der Waals surface area (Å²) in [5.74, 6) is -0.117. The van der Waals surface area contributed by atoms with Gasteiger partial charge in [-0.25, -0.2) is 0 Å². The van der Waals surface area contributed by atoms with E-state index in [-0.39, 0.29) is 12.5 Å². The Morgan fingerprint density at radius 2 is 2.26 bits per heavy atom. The van der Waals surface area contributed by atoms with Crippen LogP contribution in [0.5, 0.6) is 0 Å². The summed E-state index contributed by atoms with van der Waals surface area (Å²) >= 11 is 6.05. The summed E-state index contributed by atoms with van der Waals surface area (Å²) in [7, 11) is 0. The largest absolute Gasteiger partial charge is 0.395 e. The van der Waals surface area contributed by atoms with Gasteiger partial charge in [-0.15, -0.1) is 0 Å². The molecule has 1 fully saturated rings. The van der Waals surface area contributed by atoms with Crippen molar-refractivity contribution in [3.05, 3.63) is 34.9 Å². The van der Waals surface area contributed by atoms with Gasteiger partial charge in [-0.3, -0.25) is 4.79 Å². The van der Waals surface area contributed by atoms with Gasteiger partial charge in [-0.05, 0) is 31.5 Å². The zero-order chi connectivity index (χ0) is 13.7. The predicted molar refractivity (Wildman–Crippen MR) is 75.5 cm³/mol. The monoisotopic (exact) mass is 282 g/mol. The van der Waals surface area contributed by atoms with Gasteiger partial charge in [0, 0.05) is 19.1 Å². The van der Waals surface area contributed by atoms with Crippen molar-refractivity contribution in [2.24, 2.45) is 0 Å². The molecule has 2 N–H and O–H groups in total. The van der Waals surface area contributed by atoms with E-state index in [0.717, 1.165) is 19.4 Å². The Morgan fingerprint density at radius 3 is 2.89 bits per heavy atom. The Hall–Kier alpha value is -1.10. The third-order valence-electron chi connectivity index (χ3n) is 3.36. The van der Waals surface area contributed by atoms with Crippen molar-refractivity contribution in [2.45, 2.75) is 18.9 Å². The molecule has 1 aromatic carbocycles. The molecule has 19 heavy (non-hydrogen) atoms. The highest BCUT2D eigenvalue weighted by Gasteiger charge is 2.23. The number of halogens is 1. The molecule has 2 rings (SSSR count). The Labute approximate surface area is 118 Å². The Balaban J connectivity index is 2.09. The highest BCUT2D eigenvalue weighted by Crippen LogP contribution is 2.18. The van der Waals surface area contributed by atoms with Crippen molar-refractivity contribution in [2.75, 3.05) is 26.2 Å². The average molecular weight is 283 g/mol. The molecule has 4 nitrogen and oxygen atoms in total. The lowest BCUT2D eigenvalue weighted by Crippen LogP contribution is -2.42. The molecule has 0 spiro atoms. The number of aliphatic hydroxyl groups excluding tert-OH is 1. The highest BCUT2D eigenvalue weighted by molar-refractivity contribution is 6.33. The van der Waals surface area contributed by atoms with Crippen molar-refractivity contribution in [3.63, 3.8) is 0 Å². The molecule has 1 atom stereocenters. The summed E-state index contributed by atoms with van der Waals surface area (Å²) in [6.45, 7) is 1.91. The SMILES string of the molecule is O=C(c1ccccc1Cl)N(CCO)CC1CCCN1.